The molecule has 0 radical (unpaired) electrons. The first kappa shape index (κ1) is 21.7. The van der Waals surface area contributed by atoms with E-state index < -0.39 is 5.60 Å². The number of amides is 1. The molecule has 154 valence electrons. The summed E-state index contributed by atoms with van der Waals surface area (Å²) in [5, 5.41) is 6.23. The van der Waals surface area contributed by atoms with E-state index in [1.165, 1.54) is 0 Å². The van der Waals surface area contributed by atoms with Crippen LogP contribution in [0.15, 0.2) is 12.5 Å². The molecule has 0 atom stereocenters. The van der Waals surface area contributed by atoms with E-state index >= 15 is 0 Å². The van der Waals surface area contributed by atoms with Gasteiger partial charge in [0.1, 0.15) is 5.60 Å². The van der Waals surface area contributed by atoms with Crippen molar-refractivity contribution in [2.45, 2.75) is 45.8 Å². The van der Waals surface area contributed by atoms with E-state index in [4.69, 9.17) is 4.74 Å². The molecular weight excluding hydrogens is 344 g/mol. The zero-order valence-electron chi connectivity index (χ0n) is 17.1. The van der Waals surface area contributed by atoms with Gasteiger partial charge in [0.25, 0.3) is 0 Å². The van der Waals surface area contributed by atoms with Crippen molar-refractivity contribution in [3.8, 4) is 0 Å². The number of rotatable bonds is 10. The average molecular weight is 381 g/mol. The highest BCUT2D eigenvalue weighted by atomic mass is 16.6. The van der Waals surface area contributed by atoms with Crippen LogP contribution in [0.5, 0.6) is 0 Å². The van der Waals surface area contributed by atoms with Crippen molar-refractivity contribution in [2.75, 3.05) is 52.4 Å². The highest BCUT2D eigenvalue weighted by Gasteiger charge is 2.16. The number of carbonyl (C=O) groups is 1. The SMILES string of the molecule is CC(C)(C)OC(=O)NCCCN(CCCN1CCNCC1)Cc1cnc[nH]1. The molecule has 0 aromatic carbocycles. The fourth-order valence-electron chi connectivity index (χ4n) is 3.14. The summed E-state index contributed by atoms with van der Waals surface area (Å²) in [5.74, 6) is 0. The van der Waals surface area contributed by atoms with Crippen LogP contribution in [0.25, 0.3) is 0 Å². The van der Waals surface area contributed by atoms with Gasteiger partial charge in [0.2, 0.25) is 0 Å². The third-order valence-electron chi connectivity index (χ3n) is 4.43. The van der Waals surface area contributed by atoms with Gasteiger partial charge in [0.15, 0.2) is 0 Å². The van der Waals surface area contributed by atoms with Crippen LogP contribution in [-0.4, -0.2) is 83.8 Å². The number of aromatic nitrogens is 2. The van der Waals surface area contributed by atoms with Crippen LogP contribution >= 0.6 is 0 Å². The zero-order chi connectivity index (χ0) is 19.5. The van der Waals surface area contributed by atoms with Gasteiger partial charge in [-0.1, -0.05) is 0 Å². The second-order valence-electron chi connectivity index (χ2n) is 8.08. The van der Waals surface area contributed by atoms with Crippen molar-refractivity contribution in [3.63, 3.8) is 0 Å². The standard InChI is InChI=1S/C19H36N6O2/c1-19(2,3)27-18(26)22-6-4-9-25(15-17-14-21-16-23-17)11-5-10-24-12-7-20-8-13-24/h14,16,20H,4-13,15H2,1-3H3,(H,21,23)(H,22,26). The lowest BCUT2D eigenvalue weighted by atomic mass is 10.2. The molecule has 1 amide bonds. The molecular formula is C19H36N6O2. The van der Waals surface area contributed by atoms with Crippen LogP contribution < -0.4 is 10.6 Å². The van der Waals surface area contributed by atoms with Crippen LogP contribution in [-0.2, 0) is 11.3 Å². The summed E-state index contributed by atoms with van der Waals surface area (Å²) in [4.78, 5) is 24.0. The largest absolute Gasteiger partial charge is 0.444 e. The van der Waals surface area contributed by atoms with Crippen molar-refractivity contribution >= 4 is 6.09 Å². The molecule has 1 saturated heterocycles. The van der Waals surface area contributed by atoms with Crippen LogP contribution in [0.3, 0.4) is 0 Å². The molecule has 8 heteroatoms. The summed E-state index contributed by atoms with van der Waals surface area (Å²) < 4.78 is 5.27. The molecule has 1 fully saturated rings. The third-order valence-corrected chi connectivity index (χ3v) is 4.43. The lowest BCUT2D eigenvalue weighted by Crippen LogP contribution is -2.44. The molecule has 0 saturated carbocycles. The second kappa shape index (κ2) is 11.3. The van der Waals surface area contributed by atoms with E-state index in [1.54, 1.807) is 6.33 Å². The van der Waals surface area contributed by atoms with Gasteiger partial charge in [-0.25, -0.2) is 9.78 Å². The minimum atomic E-state index is -0.458. The van der Waals surface area contributed by atoms with Gasteiger partial charge in [-0.3, -0.25) is 4.90 Å². The number of H-pyrrole nitrogens is 1. The topological polar surface area (TPSA) is 85.5 Å². The molecule has 1 aliphatic heterocycles. The number of piperazine rings is 1. The minimum Gasteiger partial charge on any atom is -0.444 e. The van der Waals surface area contributed by atoms with Crippen molar-refractivity contribution in [1.82, 2.24) is 30.4 Å². The summed E-state index contributed by atoms with van der Waals surface area (Å²) in [7, 11) is 0. The minimum absolute atomic E-state index is 0.346. The lowest BCUT2D eigenvalue weighted by molar-refractivity contribution is 0.0525. The number of nitrogens with one attached hydrogen (secondary N) is 3. The van der Waals surface area contributed by atoms with Crippen molar-refractivity contribution < 1.29 is 9.53 Å². The summed E-state index contributed by atoms with van der Waals surface area (Å²) in [6.07, 6.45) is 5.29. The van der Waals surface area contributed by atoms with Gasteiger partial charge < -0.3 is 25.3 Å². The Morgan fingerprint density at radius 2 is 2.04 bits per heavy atom. The molecule has 3 N–H and O–H groups in total. The molecule has 0 unspecified atom stereocenters. The number of ether oxygens (including phenoxy) is 1. The van der Waals surface area contributed by atoms with Gasteiger partial charge in [-0.05, 0) is 46.7 Å². The molecule has 1 aromatic rings. The van der Waals surface area contributed by atoms with Gasteiger partial charge in [-0.2, -0.15) is 0 Å². The smallest absolute Gasteiger partial charge is 0.407 e. The number of hydrogen-bond acceptors (Lipinski definition) is 6. The Kier molecular flexibility index (Phi) is 9.03. The Bertz CT molecular complexity index is 523. The molecule has 8 nitrogen and oxygen atoms in total. The average Bonchev–Trinajstić information content (AvgIpc) is 3.11. The van der Waals surface area contributed by atoms with E-state index in [0.717, 1.165) is 70.9 Å². The Morgan fingerprint density at radius 1 is 1.30 bits per heavy atom. The van der Waals surface area contributed by atoms with Crippen LogP contribution in [0.2, 0.25) is 0 Å². The quantitative estimate of drug-likeness (QED) is 0.533. The maximum atomic E-state index is 11.7. The van der Waals surface area contributed by atoms with Gasteiger partial charge >= 0.3 is 6.09 Å². The van der Waals surface area contributed by atoms with E-state index in [1.807, 2.05) is 27.0 Å². The van der Waals surface area contributed by atoms with Crippen molar-refractivity contribution in [1.29, 1.82) is 0 Å². The van der Waals surface area contributed by atoms with Gasteiger partial charge in [0.05, 0.1) is 6.33 Å². The molecule has 27 heavy (non-hydrogen) atoms. The predicted molar refractivity (Wildman–Crippen MR) is 107 cm³/mol. The van der Waals surface area contributed by atoms with Crippen molar-refractivity contribution in [3.05, 3.63) is 18.2 Å². The monoisotopic (exact) mass is 380 g/mol. The highest BCUT2D eigenvalue weighted by molar-refractivity contribution is 5.67. The van der Waals surface area contributed by atoms with E-state index in [2.05, 4.69) is 30.4 Å². The molecule has 2 heterocycles. The second-order valence-corrected chi connectivity index (χ2v) is 8.08. The maximum absolute atomic E-state index is 11.7. The molecule has 0 bridgehead atoms. The Labute approximate surface area is 163 Å². The summed E-state index contributed by atoms with van der Waals surface area (Å²) in [5.41, 5.74) is 0.665. The highest BCUT2D eigenvalue weighted by Crippen LogP contribution is 2.07. The van der Waals surface area contributed by atoms with Crippen LogP contribution in [0.1, 0.15) is 39.3 Å². The fraction of sp³-hybridized carbons (Fsp3) is 0.789. The Balaban J connectivity index is 1.68. The van der Waals surface area contributed by atoms with E-state index in [-0.39, 0.29) is 6.09 Å². The molecule has 1 aromatic heterocycles. The third kappa shape index (κ3) is 9.74. The molecule has 2 rings (SSSR count). The fourth-order valence-corrected chi connectivity index (χ4v) is 3.14. The molecule has 0 aliphatic carbocycles. The van der Waals surface area contributed by atoms with Gasteiger partial charge in [-0.15, -0.1) is 0 Å². The summed E-state index contributed by atoms with van der Waals surface area (Å²) >= 11 is 0. The maximum Gasteiger partial charge on any atom is 0.407 e. The number of aromatic amines is 1. The first-order chi connectivity index (χ1) is 12.9. The molecule has 1 aliphatic rings. The zero-order valence-corrected chi connectivity index (χ0v) is 17.1. The van der Waals surface area contributed by atoms with Crippen molar-refractivity contribution in [2.24, 2.45) is 0 Å². The number of carbonyl (C=O) groups excluding carboxylic acids is 1. The van der Waals surface area contributed by atoms with Gasteiger partial charge in [0, 0.05) is 57.7 Å². The predicted octanol–water partition coefficient (Wildman–Crippen LogP) is 1.42. The number of imidazole rings is 1. The summed E-state index contributed by atoms with van der Waals surface area (Å²) in [6.45, 7) is 14.7. The van der Waals surface area contributed by atoms with Crippen LogP contribution in [0, 0.1) is 0 Å². The lowest BCUT2D eigenvalue weighted by Gasteiger charge is -2.28. The first-order valence-corrected chi connectivity index (χ1v) is 10.0. The number of hydrogen-bond donors (Lipinski definition) is 3. The van der Waals surface area contributed by atoms with E-state index in [0.29, 0.717) is 6.54 Å². The molecule has 0 spiro atoms. The number of alkyl carbamates (subject to hydrolysis) is 1. The number of nitrogens with zero attached hydrogens (tertiary/aromatic N) is 3. The van der Waals surface area contributed by atoms with Crippen LogP contribution in [0.4, 0.5) is 4.79 Å². The Morgan fingerprint density at radius 3 is 2.70 bits per heavy atom. The first-order valence-electron chi connectivity index (χ1n) is 10.0. The van der Waals surface area contributed by atoms with E-state index in [9.17, 15) is 4.79 Å². The normalized spacial score (nSPS) is 15.9. The summed E-state index contributed by atoms with van der Waals surface area (Å²) in [6, 6.07) is 0. The Hall–Kier alpha value is -1.64.